The summed E-state index contributed by atoms with van der Waals surface area (Å²) in [4.78, 5) is 8.95. The molecular formula is C13H23N5O. The van der Waals surface area contributed by atoms with Crippen LogP contribution in [0.25, 0.3) is 0 Å². The highest BCUT2D eigenvalue weighted by molar-refractivity contribution is 5.47. The van der Waals surface area contributed by atoms with Crippen LogP contribution in [-0.4, -0.2) is 29.7 Å². The minimum Gasteiger partial charge on any atom is -0.381 e. The fourth-order valence-corrected chi connectivity index (χ4v) is 1.94. The Bertz CT molecular complexity index is 424. The molecule has 6 heteroatoms. The minimum absolute atomic E-state index is 0.111. The molecule has 1 aliphatic rings. The van der Waals surface area contributed by atoms with Crippen molar-refractivity contribution in [1.82, 2.24) is 9.97 Å². The van der Waals surface area contributed by atoms with E-state index in [0.29, 0.717) is 11.7 Å². The van der Waals surface area contributed by atoms with Gasteiger partial charge in [-0.05, 0) is 6.42 Å². The number of hydrogen-bond donors (Lipinski definition) is 3. The van der Waals surface area contributed by atoms with Gasteiger partial charge >= 0.3 is 0 Å². The van der Waals surface area contributed by atoms with Crippen LogP contribution in [0.15, 0.2) is 6.07 Å². The number of anilines is 2. The minimum atomic E-state index is -0.111. The highest BCUT2D eigenvalue weighted by Gasteiger charge is 2.20. The van der Waals surface area contributed by atoms with E-state index >= 15 is 0 Å². The Morgan fingerprint density at radius 1 is 1.37 bits per heavy atom. The Morgan fingerprint density at radius 2 is 2.11 bits per heavy atom. The largest absolute Gasteiger partial charge is 0.381 e. The van der Waals surface area contributed by atoms with E-state index in [2.05, 4.69) is 41.5 Å². The van der Waals surface area contributed by atoms with E-state index in [0.717, 1.165) is 37.8 Å². The molecule has 1 aromatic rings. The van der Waals surface area contributed by atoms with Gasteiger partial charge in [-0.3, -0.25) is 0 Å². The number of nitrogens with one attached hydrogen (secondary N) is 2. The summed E-state index contributed by atoms with van der Waals surface area (Å²) in [7, 11) is 0. The zero-order chi connectivity index (χ0) is 13.9. The summed E-state index contributed by atoms with van der Waals surface area (Å²) in [5, 5.41) is 3.35. The maximum atomic E-state index is 5.46. The fourth-order valence-electron chi connectivity index (χ4n) is 1.94. The van der Waals surface area contributed by atoms with Crippen molar-refractivity contribution in [2.75, 3.05) is 30.5 Å². The molecule has 1 atom stereocenters. The molecule has 6 nitrogen and oxygen atoms in total. The zero-order valence-electron chi connectivity index (χ0n) is 11.9. The average molecular weight is 265 g/mol. The van der Waals surface area contributed by atoms with Crippen molar-refractivity contribution in [3.05, 3.63) is 11.9 Å². The summed E-state index contributed by atoms with van der Waals surface area (Å²) >= 11 is 0. The summed E-state index contributed by atoms with van der Waals surface area (Å²) in [6.45, 7) is 8.79. The van der Waals surface area contributed by atoms with Crippen LogP contribution < -0.4 is 16.6 Å². The Kier molecular flexibility index (Phi) is 4.21. The Hall–Kier alpha value is -1.40. The number of hydrazine groups is 1. The van der Waals surface area contributed by atoms with Gasteiger partial charge in [0, 0.05) is 30.6 Å². The molecule has 0 saturated carbocycles. The summed E-state index contributed by atoms with van der Waals surface area (Å²) < 4.78 is 5.36. The summed E-state index contributed by atoms with van der Waals surface area (Å²) in [6.07, 6.45) is 1.10. The van der Waals surface area contributed by atoms with Crippen LogP contribution in [0.5, 0.6) is 0 Å². The molecule has 1 aromatic heterocycles. The van der Waals surface area contributed by atoms with Crippen LogP contribution in [0.2, 0.25) is 0 Å². The first kappa shape index (κ1) is 14.0. The van der Waals surface area contributed by atoms with Gasteiger partial charge in [0.25, 0.3) is 0 Å². The van der Waals surface area contributed by atoms with Crippen LogP contribution in [-0.2, 0) is 10.2 Å². The number of ether oxygens (including phenoxy) is 1. The van der Waals surface area contributed by atoms with Gasteiger partial charge in [-0.25, -0.2) is 15.8 Å². The van der Waals surface area contributed by atoms with E-state index in [1.165, 1.54) is 0 Å². The van der Waals surface area contributed by atoms with E-state index in [4.69, 9.17) is 10.6 Å². The van der Waals surface area contributed by atoms with Gasteiger partial charge in [-0.15, -0.1) is 0 Å². The maximum absolute atomic E-state index is 5.46. The molecule has 1 fully saturated rings. The highest BCUT2D eigenvalue weighted by Crippen LogP contribution is 2.22. The summed E-state index contributed by atoms with van der Waals surface area (Å²) in [5.41, 5.74) is 2.48. The lowest BCUT2D eigenvalue weighted by Crippen LogP contribution is -2.21. The predicted molar refractivity (Wildman–Crippen MR) is 76.0 cm³/mol. The lowest BCUT2D eigenvalue weighted by atomic mass is 9.96. The molecule has 0 amide bonds. The molecule has 1 unspecified atom stereocenters. The molecule has 2 heterocycles. The first-order valence-corrected chi connectivity index (χ1v) is 6.67. The molecule has 1 saturated heterocycles. The van der Waals surface area contributed by atoms with Gasteiger partial charge in [0.2, 0.25) is 0 Å². The van der Waals surface area contributed by atoms with Crippen molar-refractivity contribution in [3.63, 3.8) is 0 Å². The number of nitrogen functional groups attached to an aromatic ring is 1. The van der Waals surface area contributed by atoms with Gasteiger partial charge in [0.05, 0.1) is 6.61 Å². The second kappa shape index (κ2) is 5.71. The molecule has 0 aromatic carbocycles. The smallest absolute Gasteiger partial charge is 0.145 e. The molecular weight excluding hydrogens is 242 g/mol. The number of nitrogens with zero attached hydrogens (tertiary/aromatic N) is 2. The van der Waals surface area contributed by atoms with Crippen LogP contribution >= 0.6 is 0 Å². The second-order valence-electron chi connectivity index (χ2n) is 5.97. The zero-order valence-corrected chi connectivity index (χ0v) is 11.9. The van der Waals surface area contributed by atoms with Crippen molar-refractivity contribution in [3.8, 4) is 0 Å². The third kappa shape index (κ3) is 3.78. The SMILES string of the molecule is CC(C)(C)c1nc(NN)cc(NCC2CCOC2)n1. The molecule has 0 bridgehead atoms. The first-order valence-electron chi connectivity index (χ1n) is 6.67. The molecule has 19 heavy (non-hydrogen) atoms. The van der Waals surface area contributed by atoms with Crippen LogP contribution in [0.1, 0.15) is 33.0 Å². The van der Waals surface area contributed by atoms with Gasteiger partial charge in [0.1, 0.15) is 17.5 Å². The number of aromatic nitrogens is 2. The third-order valence-corrected chi connectivity index (χ3v) is 3.14. The quantitative estimate of drug-likeness (QED) is 0.565. The topological polar surface area (TPSA) is 85.1 Å². The van der Waals surface area contributed by atoms with Crippen LogP contribution in [0, 0.1) is 5.92 Å². The van der Waals surface area contributed by atoms with E-state index in [1.807, 2.05) is 6.07 Å². The maximum Gasteiger partial charge on any atom is 0.145 e. The highest BCUT2D eigenvalue weighted by atomic mass is 16.5. The van der Waals surface area contributed by atoms with Crippen molar-refractivity contribution in [1.29, 1.82) is 0 Å². The number of rotatable bonds is 4. The Morgan fingerprint density at radius 3 is 2.68 bits per heavy atom. The van der Waals surface area contributed by atoms with Crippen molar-refractivity contribution < 1.29 is 4.74 Å². The molecule has 1 aliphatic heterocycles. The standard InChI is InChI=1S/C13H23N5O/c1-13(2,3)12-16-10(6-11(17-12)18-14)15-7-9-4-5-19-8-9/h6,9H,4-5,7-8,14H2,1-3H3,(H2,15,16,17,18). The molecule has 2 rings (SSSR count). The average Bonchev–Trinajstić information content (AvgIpc) is 2.88. The van der Waals surface area contributed by atoms with Gasteiger partial charge in [0.15, 0.2) is 0 Å². The van der Waals surface area contributed by atoms with Crippen molar-refractivity contribution in [2.24, 2.45) is 11.8 Å². The lowest BCUT2D eigenvalue weighted by Gasteiger charge is -2.19. The number of hydrogen-bond acceptors (Lipinski definition) is 6. The van der Waals surface area contributed by atoms with Crippen molar-refractivity contribution in [2.45, 2.75) is 32.6 Å². The summed E-state index contributed by atoms with van der Waals surface area (Å²) in [6, 6.07) is 1.82. The van der Waals surface area contributed by atoms with Gasteiger partial charge in [-0.1, -0.05) is 20.8 Å². The van der Waals surface area contributed by atoms with E-state index in [9.17, 15) is 0 Å². The fraction of sp³-hybridized carbons (Fsp3) is 0.692. The molecule has 0 radical (unpaired) electrons. The Labute approximate surface area is 114 Å². The van der Waals surface area contributed by atoms with E-state index < -0.39 is 0 Å². The predicted octanol–water partition coefficient (Wildman–Crippen LogP) is 1.51. The molecule has 0 aliphatic carbocycles. The van der Waals surface area contributed by atoms with Gasteiger partial charge in [-0.2, -0.15) is 0 Å². The second-order valence-corrected chi connectivity index (χ2v) is 5.97. The molecule has 4 N–H and O–H groups in total. The van der Waals surface area contributed by atoms with Gasteiger partial charge < -0.3 is 15.5 Å². The normalized spacial score (nSPS) is 19.5. The molecule has 106 valence electrons. The van der Waals surface area contributed by atoms with Crippen LogP contribution in [0.4, 0.5) is 11.6 Å². The van der Waals surface area contributed by atoms with E-state index in [-0.39, 0.29) is 5.41 Å². The third-order valence-electron chi connectivity index (χ3n) is 3.14. The first-order chi connectivity index (χ1) is 8.99. The monoisotopic (exact) mass is 265 g/mol. The molecule has 0 spiro atoms. The number of nitrogens with two attached hydrogens (primary N) is 1. The van der Waals surface area contributed by atoms with Crippen LogP contribution in [0.3, 0.4) is 0 Å². The van der Waals surface area contributed by atoms with E-state index in [1.54, 1.807) is 0 Å². The summed E-state index contributed by atoms with van der Waals surface area (Å²) in [5.74, 6) is 8.23. The Balaban J connectivity index is 2.10. The van der Waals surface area contributed by atoms with Crippen molar-refractivity contribution >= 4 is 11.6 Å². The lowest BCUT2D eigenvalue weighted by molar-refractivity contribution is 0.187.